The molecule has 3 nitrogen and oxygen atoms in total. The van der Waals surface area contributed by atoms with Gasteiger partial charge in [0.05, 0.1) is 11.1 Å². The van der Waals surface area contributed by atoms with Crippen LogP contribution >= 0.6 is 11.6 Å². The Kier molecular flexibility index (Phi) is 5.53. The van der Waals surface area contributed by atoms with Crippen molar-refractivity contribution in [3.05, 3.63) is 63.8 Å². The van der Waals surface area contributed by atoms with Crippen LogP contribution in [0.3, 0.4) is 0 Å². The summed E-state index contributed by atoms with van der Waals surface area (Å²) in [7, 11) is 0. The summed E-state index contributed by atoms with van der Waals surface area (Å²) in [5, 5.41) is 3.27. The molecule has 10 heteroatoms. The van der Waals surface area contributed by atoms with Crippen LogP contribution in [0.4, 0.5) is 32.0 Å². The Morgan fingerprint density at radius 3 is 2.07 bits per heavy atom. The van der Waals surface area contributed by atoms with Gasteiger partial charge in [-0.15, -0.1) is 0 Å². The predicted octanol–water partition coefficient (Wildman–Crippen LogP) is 6.91. The number of anilines is 1. The molecular weight excluding hydrogens is 434 g/mol. The lowest BCUT2D eigenvalue weighted by Crippen LogP contribution is -2.19. The number of rotatable bonds is 3. The lowest BCUT2D eigenvalue weighted by molar-refractivity contribution is -0.143. The summed E-state index contributed by atoms with van der Waals surface area (Å²) in [6.45, 7) is 3.74. The summed E-state index contributed by atoms with van der Waals surface area (Å²) in [5.41, 5.74) is -2.31. The van der Waals surface area contributed by atoms with Gasteiger partial charge in [0, 0.05) is 28.2 Å². The largest absolute Gasteiger partial charge is 0.416 e. The van der Waals surface area contributed by atoms with Crippen molar-refractivity contribution in [3.63, 3.8) is 0 Å². The predicted molar refractivity (Wildman–Crippen MR) is 102 cm³/mol. The van der Waals surface area contributed by atoms with Gasteiger partial charge in [-0.2, -0.15) is 26.3 Å². The fourth-order valence-corrected chi connectivity index (χ4v) is 3.51. The van der Waals surface area contributed by atoms with Crippen molar-refractivity contribution in [2.24, 2.45) is 0 Å². The summed E-state index contributed by atoms with van der Waals surface area (Å²) < 4.78 is 80.0. The highest BCUT2D eigenvalue weighted by Crippen LogP contribution is 2.38. The van der Waals surface area contributed by atoms with Crippen LogP contribution in [0.15, 0.2) is 36.4 Å². The summed E-state index contributed by atoms with van der Waals surface area (Å²) in [5.74, 6) is -0.825. The van der Waals surface area contributed by atoms with Crippen LogP contribution in [0.1, 0.15) is 34.1 Å². The van der Waals surface area contributed by atoms with Gasteiger partial charge in [-0.05, 0) is 55.8 Å². The maximum atomic E-state index is 13.1. The number of benzene rings is 2. The molecular formula is C20H15ClF6N2O. The van der Waals surface area contributed by atoms with Crippen molar-refractivity contribution in [2.75, 3.05) is 5.32 Å². The monoisotopic (exact) mass is 448 g/mol. The number of aromatic nitrogens is 1. The maximum absolute atomic E-state index is 13.1. The van der Waals surface area contributed by atoms with Crippen molar-refractivity contribution >= 4 is 34.1 Å². The number of carbonyl (C=O) groups is 1. The van der Waals surface area contributed by atoms with E-state index in [1.165, 1.54) is 0 Å². The quantitative estimate of drug-likeness (QED) is 0.434. The van der Waals surface area contributed by atoms with E-state index in [4.69, 9.17) is 11.6 Å². The molecule has 0 spiro atoms. The number of fused-ring (bicyclic) bond motifs is 1. The van der Waals surface area contributed by atoms with E-state index in [2.05, 4.69) is 5.32 Å². The number of nitrogens with one attached hydrogen (secondary N) is 1. The van der Waals surface area contributed by atoms with Crippen molar-refractivity contribution in [1.29, 1.82) is 0 Å². The van der Waals surface area contributed by atoms with E-state index in [-0.39, 0.29) is 11.8 Å². The Morgan fingerprint density at radius 2 is 1.57 bits per heavy atom. The highest BCUT2D eigenvalue weighted by molar-refractivity contribution is 6.31. The number of hydrogen-bond acceptors (Lipinski definition) is 1. The molecule has 0 aliphatic carbocycles. The Hall–Kier alpha value is -2.68. The number of carbonyl (C=O) groups excluding carboxylic acids is 1. The molecule has 0 aliphatic rings. The molecule has 0 fully saturated rings. The van der Waals surface area contributed by atoms with E-state index >= 15 is 0 Å². The van der Waals surface area contributed by atoms with E-state index < -0.39 is 35.1 Å². The van der Waals surface area contributed by atoms with E-state index in [1.807, 2.05) is 0 Å². The average molecular weight is 449 g/mol. The van der Waals surface area contributed by atoms with Gasteiger partial charge >= 0.3 is 12.4 Å². The minimum absolute atomic E-state index is 0.00589. The zero-order valence-electron chi connectivity index (χ0n) is 15.7. The molecule has 3 rings (SSSR count). The normalized spacial score (nSPS) is 12.4. The molecule has 1 N–H and O–H groups in total. The molecule has 0 aliphatic heterocycles. The molecule has 1 heterocycles. The highest BCUT2D eigenvalue weighted by Gasteiger charge is 2.37. The fraction of sp³-hybridized carbons (Fsp3) is 0.250. The number of aryl methyl sites for hydroxylation is 2. The van der Waals surface area contributed by atoms with E-state index in [0.717, 1.165) is 0 Å². The Balaban J connectivity index is 2.09. The molecule has 30 heavy (non-hydrogen) atoms. The second kappa shape index (κ2) is 7.54. The van der Waals surface area contributed by atoms with E-state index in [1.54, 1.807) is 36.6 Å². The molecule has 0 saturated carbocycles. The molecule has 2 aromatic carbocycles. The van der Waals surface area contributed by atoms with Crippen molar-refractivity contribution in [3.8, 4) is 0 Å². The topological polar surface area (TPSA) is 34.0 Å². The molecule has 1 amide bonds. The van der Waals surface area contributed by atoms with Gasteiger partial charge in [0.2, 0.25) is 0 Å². The third-order valence-corrected chi connectivity index (χ3v) is 4.89. The van der Waals surface area contributed by atoms with Crippen molar-refractivity contribution in [1.82, 2.24) is 4.57 Å². The van der Waals surface area contributed by atoms with Gasteiger partial charge in [0.1, 0.15) is 5.69 Å². The third kappa shape index (κ3) is 4.12. The van der Waals surface area contributed by atoms with Gasteiger partial charge in [-0.25, -0.2) is 0 Å². The van der Waals surface area contributed by atoms with Gasteiger partial charge < -0.3 is 9.88 Å². The fourth-order valence-electron chi connectivity index (χ4n) is 3.33. The van der Waals surface area contributed by atoms with Crippen molar-refractivity contribution < 1.29 is 31.1 Å². The molecule has 0 bridgehead atoms. The first-order valence-corrected chi connectivity index (χ1v) is 9.10. The molecule has 0 unspecified atom stereocenters. The van der Waals surface area contributed by atoms with Gasteiger partial charge in [-0.1, -0.05) is 11.6 Å². The lowest BCUT2D eigenvalue weighted by Gasteiger charge is -2.15. The zero-order chi connectivity index (χ0) is 22.4. The minimum Gasteiger partial charge on any atom is -0.337 e. The first kappa shape index (κ1) is 22.0. The van der Waals surface area contributed by atoms with Crippen LogP contribution in [0.25, 0.3) is 10.9 Å². The SMILES string of the molecule is CCn1c(C(=O)Nc2cc(C(F)(F)F)cc(C(F)(F)F)c2)c(C)c2cc(Cl)ccc21. The smallest absolute Gasteiger partial charge is 0.337 e. The van der Waals surface area contributed by atoms with Gasteiger partial charge in [0.15, 0.2) is 0 Å². The number of amides is 1. The standard InChI is InChI=1S/C20H15ClF6N2O/c1-3-29-16-5-4-13(21)9-15(16)10(2)17(29)18(30)28-14-7-11(19(22,23)24)6-12(8-14)20(25,26)27/h4-9H,3H2,1-2H3,(H,28,30). The highest BCUT2D eigenvalue weighted by atomic mass is 35.5. The molecule has 160 valence electrons. The number of hydrogen-bond donors (Lipinski definition) is 1. The first-order valence-electron chi connectivity index (χ1n) is 8.72. The van der Waals surface area contributed by atoms with Crippen LogP contribution in [-0.4, -0.2) is 10.5 Å². The lowest BCUT2D eigenvalue weighted by atomic mass is 10.1. The van der Waals surface area contributed by atoms with Crippen molar-refractivity contribution in [2.45, 2.75) is 32.7 Å². The summed E-state index contributed by atoms with van der Waals surface area (Å²) in [6.07, 6.45) is -10.0. The summed E-state index contributed by atoms with van der Waals surface area (Å²) >= 11 is 6.00. The molecule has 1 aromatic heterocycles. The summed E-state index contributed by atoms with van der Waals surface area (Å²) in [4.78, 5) is 12.9. The van der Waals surface area contributed by atoms with Crippen LogP contribution in [0.5, 0.6) is 0 Å². The second-order valence-corrected chi connectivity index (χ2v) is 7.06. The summed E-state index contributed by atoms with van der Waals surface area (Å²) in [6, 6.07) is 5.90. The third-order valence-electron chi connectivity index (χ3n) is 4.66. The second-order valence-electron chi connectivity index (χ2n) is 6.63. The van der Waals surface area contributed by atoms with E-state index in [0.29, 0.717) is 40.2 Å². The van der Waals surface area contributed by atoms with Crippen LogP contribution in [0.2, 0.25) is 5.02 Å². The van der Waals surface area contributed by atoms with Crippen LogP contribution in [0, 0.1) is 6.92 Å². The molecule has 0 radical (unpaired) electrons. The number of alkyl halides is 6. The first-order chi connectivity index (χ1) is 13.8. The maximum Gasteiger partial charge on any atom is 0.416 e. The Bertz CT molecular complexity index is 1100. The van der Waals surface area contributed by atoms with E-state index in [9.17, 15) is 31.1 Å². The zero-order valence-corrected chi connectivity index (χ0v) is 16.4. The average Bonchev–Trinajstić information content (AvgIpc) is 2.91. The van der Waals surface area contributed by atoms with Crippen LogP contribution in [-0.2, 0) is 18.9 Å². The Morgan fingerprint density at radius 1 is 1.00 bits per heavy atom. The van der Waals surface area contributed by atoms with Gasteiger partial charge in [-0.3, -0.25) is 4.79 Å². The number of nitrogens with zero attached hydrogens (tertiary/aromatic N) is 1. The molecule has 0 atom stereocenters. The molecule has 3 aromatic rings. The number of halogens is 7. The minimum atomic E-state index is -5.01. The van der Waals surface area contributed by atoms with Crippen LogP contribution < -0.4 is 5.32 Å². The Labute approximate surface area is 172 Å². The van der Waals surface area contributed by atoms with Gasteiger partial charge in [0.25, 0.3) is 5.91 Å². The molecule has 0 saturated heterocycles.